The van der Waals surface area contributed by atoms with Crippen LogP contribution in [0.25, 0.3) is 0 Å². The van der Waals surface area contributed by atoms with Crippen LogP contribution in [-0.2, 0) is 19.2 Å². The Balaban J connectivity index is 3.17. The molecule has 12 heteroatoms. The topological polar surface area (TPSA) is 189 Å². The van der Waals surface area contributed by atoms with E-state index in [9.17, 15) is 34.5 Å². The highest BCUT2D eigenvalue weighted by Gasteiger charge is 2.42. The first kappa shape index (κ1) is 24.8. The van der Waals surface area contributed by atoms with Gasteiger partial charge in [0.15, 0.2) is 0 Å². The minimum atomic E-state index is -1.52. The Kier molecular flexibility index (Phi) is 10.5. The van der Waals surface area contributed by atoms with E-state index in [0.717, 1.165) is 17.9 Å². The van der Waals surface area contributed by atoms with E-state index >= 15 is 0 Å². The molecule has 0 bridgehead atoms. The average Bonchev–Trinajstić information content (AvgIpc) is 2.58. The summed E-state index contributed by atoms with van der Waals surface area (Å²) < 4.78 is 0. The van der Waals surface area contributed by atoms with Crippen molar-refractivity contribution < 1.29 is 39.6 Å². The zero-order valence-electron chi connectivity index (χ0n) is 16.2. The second-order valence-corrected chi connectivity index (χ2v) is 7.36. The maximum Gasteiger partial charge on any atom is 0.319 e. The van der Waals surface area contributed by atoms with E-state index in [4.69, 9.17) is 5.11 Å². The van der Waals surface area contributed by atoms with Crippen molar-refractivity contribution in [3.05, 3.63) is 0 Å². The van der Waals surface area contributed by atoms with Crippen LogP contribution in [-0.4, -0.2) is 67.9 Å². The molecule has 166 valence electrons. The van der Waals surface area contributed by atoms with Gasteiger partial charge in [-0.1, -0.05) is 12.8 Å². The van der Waals surface area contributed by atoms with E-state index in [1.54, 1.807) is 0 Å². The van der Waals surface area contributed by atoms with Crippen molar-refractivity contribution in [2.75, 3.05) is 13.1 Å². The largest absolute Gasteiger partial charge is 0.481 e. The number of carboxylic acids is 4. The molecular formula is C17H30N4O8. The summed E-state index contributed by atoms with van der Waals surface area (Å²) in [6, 6.07) is 0. The number of nitrogens with one attached hydrogen (secondary N) is 3. The van der Waals surface area contributed by atoms with Gasteiger partial charge in [0.25, 0.3) is 0 Å². The fourth-order valence-electron chi connectivity index (χ4n) is 3.72. The maximum absolute atomic E-state index is 11.5. The third kappa shape index (κ3) is 9.65. The number of carboxylic acid groups (broad SMARTS) is 4. The predicted octanol–water partition coefficient (Wildman–Crippen LogP) is 0.0201. The Morgan fingerprint density at radius 3 is 2.03 bits per heavy atom. The standard InChI is InChI=1S/C17H30N4O8/c22-13(23)8-12-4-1-2-7-18-19-20-21(11-16(28)29)17(6-3-5-12,9-14(24)25)10-15(26)27/h12,18-20H,1-11H2,(H,22,23)(H,24,25)(H,26,27)(H,28,29). The second kappa shape index (κ2) is 12.3. The lowest BCUT2D eigenvalue weighted by molar-refractivity contribution is -0.154. The zero-order chi connectivity index (χ0) is 21.9. The van der Waals surface area contributed by atoms with Gasteiger partial charge in [0.2, 0.25) is 0 Å². The van der Waals surface area contributed by atoms with Gasteiger partial charge in [-0.25, -0.2) is 10.4 Å². The van der Waals surface area contributed by atoms with Gasteiger partial charge in [-0.2, -0.15) is 11.1 Å². The number of hydrazine groups is 3. The molecule has 1 fully saturated rings. The third-order valence-electron chi connectivity index (χ3n) is 4.99. The van der Waals surface area contributed by atoms with Crippen LogP contribution in [0.15, 0.2) is 0 Å². The van der Waals surface area contributed by atoms with Crippen molar-refractivity contribution in [1.29, 1.82) is 0 Å². The maximum atomic E-state index is 11.5. The summed E-state index contributed by atoms with van der Waals surface area (Å²) in [5.74, 6) is -4.82. The molecule has 0 radical (unpaired) electrons. The Morgan fingerprint density at radius 2 is 1.48 bits per heavy atom. The lowest BCUT2D eigenvalue weighted by Gasteiger charge is -2.41. The van der Waals surface area contributed by atoms with E-state index in [-0.39, 0.29) is 18.8 Å². The van der Waals surface area contributed by atoms with Gasteiger partial charge in [0.1, 0.15) is 6.54 Å². The Morgan fingerprint density at radius 1 is 0.862 bits per heavy atom. The van der Waals surface area contributed by atoms with Crippen molar-refractivity contribution in [2.45, 2.75) is 63.3 Å². The minimum Gasteiger partial charge on any atom is -0.481 e. The van der Waals surface area contributed by atoms with Gasteiger partial charge in [0.05, 0.1) is 18.4 Å². The summed E-state index contributed by atoms with van der Waals surface area (Å²) >= 11 is 0. The van der Waals surface area contributed by atoms with Gasteiger partial charge in [-0.15, -0.1) is 0 Å². The van der Waals surface area contributed by atoms with Crippen LogP contribution in [0.5, 0.6) is 0 Å². The average molecular weight is 418 g/mol. The predicted molar refractivity (Wildman–Crippen MR) is 99.3 cm³/mol. The molecule has 7 N–H and O–H groups in total. The summed E-state index contributed by atoms with van der Waals surface area (Å²) in [6.07, 6.45) is 1.94. The molecule has 1 atom stereocenters. The molecule has 0 spiro atoms. The number of rotatable bonds is 8. The highest BCUT2D eigenvalue weighted by Crippen LogP contribution is 2.31. The molecule has 0 aromatic heterocycles. The van der Waals surface area contributed by atoms with Gasteiger partial charge >= 0.3 is 23.9 Å². The Bertz CT molecular complexity index is 570. The van der Waals surface area contributed by atoms with Crippen molar-refractivity contribution in [1.82, 2.24) is 21.5 Å². The molecule has 1 saturated heterocycles. The molecule has 0 saturated carbocycles. The SMILES string of the molecule is O=C(O)CC1CCCCNNNN(CC(=O)O)C(CC(=O)O)(CC(=O)O)CCC1. The Hall–Kier alpha value is -2.28. The zero-order valence-corrected chi connectivity index (χ0v) is 16.2. The smallest absolute Gasteiger partial charge is 0.319 e. The second-order valence-electron chi connectivity index (χ2n) is 7.36. The highest BCUT2D eigenvalue weighted by molar-refractivity contribution is 5.74. The first-order valence-electron chi connectivity index (χ1n) is 9.53. The van der Waals surface area contributed by atoms with Crippen LogP contribution in [0.4, 0.5) is 0 Å². The van der Waals surface area contributed by atoms with E-state index in [2.05, 4.69) is 16.5 Å². The highest BCUT2D eigenvalue weighted by atomic mass is 16.4. The van der Waals surface area contributed by atoms with Crippen LogP contribution in [0, 0.1) is 5.92 Å². The number of hydrogen-bond acceptors (Lipinski definition) is 8. The minimum absolute atomic E-state index is 0.0202. The molecule has 12 nitrogen and oxygen atoms in total. The molecule has 1 rings (SSSR count). The molecule has 1 aliphatic heterocycles. The van der Waals surface area contributed by atoms with Crippen LogP contribution in [0.2, 0.25) is 0 Å². The number of hydrogen-bond donors (Lipinski definition) is 7. The van der Waals surface area contributed by atoms with Crippen molar-refractivity contribution >= 4 is 23.9 Å². The van der Waals surface area contributed by atoms with E-state index < -0.39 is 48.8 Å². The molecular weight excluding hydrogens is 388 g/mol. The first-order valence-corrected chi connectivity index (χ1v) is 9.53. The van der Waals surface area contributed by atoms with Gasteiger partial charge in [0, 0.05) is 13.0 Å². The number of nitrogens with zero attached hydrogens (tertiary/aromatic N) is 1. The monoisotopic (exact) mass is 418 g/mol. The fourth-order valence-corrected chi connectivity index (χ4v) is 3.72. The molecule has 1 unspecified atom stereocenters. The lowest BCUT2D eigenvalue weighted by Crippen LogP contribution is -2.64. The third-order valence-corrected chi connectivity index (χ3v) is 4.99. The van der Waals surface area contributed by atoms with E-state index in [0.29, 0.717) is 25.8 Å². The normalized spacial score (nSPS) is 21.9. The van der Waals surface area contributed by atoms with Crippen LogP contribution in [0.3, 0.4) is 0 Å². The van der Waals surface area contributed by atoms with E-state index in [1.165, 1.54) is 0 Å². The molecule has 29 heavy (non-hydrogen) atoms. The molecule has 0 aliphatic carbocycles. The number of aliphatic carboxylic acids is 4. The summed E-state index contributed by atoms with van der Waals surface area (Å²) in [7, 11) is 0. The first-order chi connectivity index (χ1) is 13.6. The molecule has 0 aromatic carbocycles. The van der Waals surface area contributed by atoms with Crippen LogP contribution in [0.1, 0.15) is 57.8 Å². The summed E-state index contributed by atoms with van der Waals surface area (Å²) in [4.78, 5) is 45.5. The van der Waals surface area contributed by atoms with Crippen LogP contribution < -0.4 is 16.5 Å². The summed E-state index contributed by atoms with van der Waals surface area (Å²) in [5, 5.41) is 38.2. The fraction of sp³-hybridized carbons (Fsp3) is 0.765. The lowest BCUT2D eigenvalue weighted by atomic mass is 9.82. The summed E-state index contributed by atoms with van der Waals surface area (Å²) in [6.45, 7) is -0.133. The van der Waals surface area contributed by atoms with Crippen molar-refractivity contribution in [3.63, 3.8) is 0 Å². The molecule has 0 amide bonds. The number of carbonyl (C=O) groups is 4. The molecule has 0 aromatic rings. The van der Waals surface area contributed by atoms with Crippen molar-refractivity contribution in [2.24, 2.45) is 5.92 Å². The van der Waals surface area contributed by atoms with Gasteiger partial charge < -0.3 is 20.4 Å². The Labute approximate surface area is 168 Å². The molecule has 1 aliphatic rings. The summed E-state index contributed by atoms with van der Waals surface area (Å²) in [5.41, 5.74) is 6.51. The van der Waals surface area contributed by atoms with E-state index in [1.807, 2.05) is 0 Å². The van der Waals surface area contributed by atoms with Gasteiger partial charge in [-0.05, 0) is 31.6 Å². The molecule has 1 heterocycles. The van der Waals surface area contributed by atoms with Gasteiger partial charge in [-0.3, -0.25) is 19.2 Å². The van der Waals surface area contributed by atoms with Crippen LogP contribution >= 0.6 is 0 Å². The quantitative estimate of drug-likeness (QED) is 0.280. The van der Waals surface area contributed by atoms with Crippen molar-refractivity contribution in [3.8, 4) is 0 Å².